The summed E-state index contributed by atoms with van der Waals surface area (Å²) < 4.78 is 5.98. The van der Waals surface area contributed by atoms with Gasteiger partial charge in [-0.05, 0) is 0 Å². The van der Waals surface area contributed by atoms with Gasteiger partial charge in [-0.3, -0.25) is 0 Å². The number of thioether (sulfide) groups is 1. The first kappa shape index (κ1) is 22.7. The van der Waals surface area contributed by atoms with E-state index in [-0.39, 0.29) is 38.0 Å². The van der Waals surface area contributed by atoms with Gasteiger partial charge in [-0.2, -0.15) is 0 Å². The van der Waals surface area contributed by atoms with Crippen molar-refractivity contribution in [2.24, 2.45) is 0 Å². The minimum absolute atomic E-state index is 0.00110. The van der Waals surface area contributed by atoms with Gasteiger partial charge in [-0.25, -0.2) is 0 Å². The van der Waals surface area contributed by atoms with Gasteiger partial charge < -0.3 is 0 Å². The van der Waals surface area contributed by atoms with E-state index in [1.165, 1.54) is 0 Å². The van der Waals surface area contributed by atoms with Crippen molar-refractivity contribution in [2.75, 3.05) is 17.7 Å². The molecule has 3 aromatic rings. The van der Waals surface area contributed by atoms with E-state index < -0.39 is 11.8 Å². The molecule has 0 fully saturated rings. The van der Waals surface area contributed by atoms with Gasteiger partial charge in [0.1, 0.15) is 0 Å². The summed E-state index contributed by atoms with van der Waals surface area (Å²) in [5.74, 6) is 0.451. The number of ether oxygens (including phenoxy) is 1. The number of nitrogen functional groups attached to an aromatic ring is 1. The minimum atomic E-state index is -0.652. The van der Waals surface area contributed by atoms with E-state index in [4.69, 9.17) is 10.5 Å². The molecule has 0 aliphatic carbocycles. The Hall–Kier alpha value is -2.95. The van der Waals surface area contributed by atoms with E-state index in [0.717, 1.165) is 10.2 Å². The number of hydrogen-bond donors (Lipinski definition) is 3. The molecule has 1 aromatic carbocycles. The number of aromatic nitrogens is 4. The summed E-state index contributed by atoms with van der Waals surface area (Å²) in [6, 6.07) is 7.19. The molecule has 31 heavy (non-hydrogen) atoms. The van der Waals surface area contributed by atoms with Gasteiger partial charge in [0.2, 0.25) is 0 Å². The van der Waals surface area contributed by atoms with Gasteiger partial charge in [0.25, 0.3) is 0 Å². The van der Waals surface area contributed by atoms with Crippen LogP contribution in [0.4, 0.5) is 5.95 Å². The summed E-state index contributed by atoms with van der Waals surface area (Å²) in [6.07, 6.45) is 3.40. The quantitative estimate of drug-likeness (QED) is 0.193. The van der Waals surface area contributed by atoms with Crippen LogP contribution in [0, 0.1) is 0 Å². The van der Waals surface area contributed by atoms with Crippen LogP contribution in [0.5, 0.6) is 0 Å². The van der Waals surface area contributed by atoms with Gasteiger partial charge in [0.15, 0.2) is 0 Å². The van der Waals surface area contributed by atoms with E-state index >= 15 is 0 Å². The maximum atomic E-state index is 12.4. The van der Waals surface area contributed by atoms with Crippen LogP contribution in [0.25, 0.3) is 11.2 Å². The maximum absolute atomic E-state index is 12.4. The third-order valence-corrected chi connectivity index (χ3v) is 6.92. The Kier molecular flexibility index (Phi) is 7.99. The van der Waals surface area contributed by atoms with E-state index in [0.29, 0.717) is 29.5 Å². The molecular weight excluding hydrogens is 487 g/mol. The number of carbonyl (C=O) groups excluding carboxylic acids is 2. The molecule has 0 bridgehead atoms. The number of fused-ring (bicyclic) bond motifs is 1. The Balaban J connectivity index is 1.61. The number of anilines is 1. The molecule has 0 spiro atoms. The van der Waals surface area contributed by atoms with Crippen molar-refractivity contribution in [2.45, 2.75) is 18.0 Å². The van der Waals surface area contributed by atoms with Crippen LogP contribution in [-0.2, 0) is 14.9 Å². The molecule has 0 saturated heterocycles. The molecule has 1 unspecified atom stereocenters. The standard InChI is InChI=1S/C19H20N6O4SSe/c1-30-7-6-14(29-10-26)23-17(27)11-2-4-13(5-3-11)31-9-12-8-21-16-15(22-12)18(28)25-19(20)24-16/h2-5,8,10,14H,6-7,9H2,1H3,(H,23,27)(H3,20,21,24,25,28). The first-order chi connectivity index (χ1) is 15.0. The summed E-state index contributed by atoms with van der Waals surface area (Å²) in [6.45, 7) is 0.339. The number of aromatic amines is 1. The van der Waals surface area contributed by atoms with Crippen LogP contribution < -0.4 is 21.1 Å². The van der Waals surface area contributed by atoms with E-state index in [2.05, 4.69) is 25.3 Å². The predicted molar refractivity (Wildman–Crippen MR) is 119 cm³/mol. The van der Waals surface area contributed by atoms with Crippen LogP contribution in [0.1, 0.15) is 22.5 Å². The van der Waals surface area contributed by atoms with Crippen molar-refractivity contribution in [3.05, 3.63) is 52.1 Å². The molecule has 3 rings (SSSR count). The van der Waals surface area contributed by atoms with E-state index in [1.807, 2.05) is 18.4 Å². The number of amides is 1. The molecule has 4 N–H and O–H groups in total. The molecule has 162 valence electrons. The summed E-state index contributed by atoms with van der Waals surface area (Å²) in [5.41, 5.74) is 6.61. The average Bonchev–Trinajstić information content (AvgIpc) is 2.76. The third-order valence-electron chi connectivity index (χ3n) is 4.09. The van der Waals surface area contributed by atoms with Crippen molar-refractivity contribution in [3.63, 3.8) is 0 Å². The third kappa shape index (κ3) is 6.27. The Morgan fingerprint density at radius 3 is 2.84 bits per heavy atom. The molecule has 0 saturated carbocycles. The van der Waals surface area contributed by atoms with Crippen LogP contribution in [-0.4, -0.2) is 65.5 Å². The second-order valence-electron chi connectivity index (χ2n) is 6.27. The first-order valence-corrected chi connectivity index (χ1v) is 12.6. The van der Waals surface area contributed by atoms with Crippen molar-refractivity contribution in [1.29, 1.82) is 0 Å². The zero-order chi connectivity index (χ0) is 22.2. The molecule has 1 amide bonds. The predicted octanol–water partition coefficient (Wildman–Crippen LogP) is -0.193. The fourth-order valence-electron chi connectivity index (χ4n) is 2.60. The SMILES string of the molecule is CSCCC(NC(=O)c1ccc([Se]Cc2cnc3nc(N)[nH]c(=O)c3n2)cc1)OC=O. The Labute approximate surface area is 187 Å². The monoisotopic (exact) mass is 508 g/mol. The fraction of sp³-hybridized carbons (Fsp3) is 0.263. The molecular formula is C19H20N6O4SSe. The van der Waals surface area contributed by atoms with E-state index in [9.17, 15) is 14.4 Å². The van der Waals surface area contributed by atoms with E-state index in [1.54, 1.807) is 30.1 Å². The van der Waals surface area contributed by atoms with Crippen LogP contribution in [0.3, 0.4) is 0 Å². The van der Waals surface area contributed by atoms with Crippen LogP contribution in [0.2, 0.25) is 0 Å². The molecule has 0 aliphatic heterocycles. The number of H-pyrrole nitrogens is 1. The Morgan fingerprint density at radius 1 is 1.35 bits per heavy atom. The molecule has 2 aromatic heterocycles. The van der Waals surface area contributed by atoms with Crippen molar-refractivity contribution in [1.82, 2.24) is 25.3 Å². The molecule has 12 heteroatoms. The number of benzene rings is 1. The Morgan fingerprint density at radius 2 is 2.13 bits per heavy atom. The topological polar surface area (TPSA) is 153 Å². The molecule has 0 radical (unpaired) electrons. The van der Waals surface area contributed by atoms with Crippen LogP contribution in [0.15, 0.2) is 35.3 Å². The van der Waals surface area contributed by atoms with Gasteiger partial charge >= 0.3 is 188 Å². The first-order valence-electron chi connectivity index (χ1n) is 9.13. The zero-order valence-electron chi connectivity index (χ0n) is 16.5. The summed E-state index contributed by atoms with van der Waals surface area (Å²) >= 11 is 1.62. The molecule has 10 nitrogen and oxygen atoms in total. The van der Waals surface area contributed by atoms with Gasteiger partial charge in [0.05, 0.1) is 0 Å². The van der Waals surface area contributed by atoms with Crippen molar-refractivity contribution in [3.8, 4) is 0 Å². The van der Waals surface area contributed by atoms with Crippen molar-refractivity contribution >= 4 is 60.7 Å². The number of hydrogen-bond acceptors (Lipinski definition) is 9. The molecule has 1 atom stereocenters. The number of nitrogens with zero attached hydrogens (tertiary/aromatic N) is 3. The normalized spacial score (nSPS) is 11.8. The summed E-state index contributed by atoms with van der Waals surface area (Å²) in [4.78, 5) is 49.8. The zero-order valence-corrected chi connectivity index (χ0v) is 19.1. The Bertz CT molecular complexity index is 1120. The number of nitrogens with two attached hydrogens (primary N) is 1. The molecule has 0 aliphatic rings. The van der Waals surface area contributed by atoms with Gasteiger partial charge in [-0.1, -0.05) is 0 Å². The fourth-order valence-corrected chi connectivity index (χ4v) is 4.69. The second-order valence-corrected chi connectivity index (χ2v) is 9.46. The summed E-state index contributed by atoms with van der Waals surface area (Å²) in [7, 11) is 0. The van der Waals surface area contributed by atoms with Crippen LogP contribution >= 0.6 is 11.8 Å². The van der Waals surface area contributed by atoms with Gasteiger partial charge in [-0.15, -0.1) is 0 Å². The number of nitrogens with one attached hydrogen (secondary N) is 2. The average molecular weight is 507 g/mol. The van der Waals surface area contributed by atoms with Crippen molar-refractivity contribution < 1.29 is 14.3 Å². The number of carbonyl (C=O) groups is 2. The second kappa shape index (κ2) is 10.9. The summed E-state index contributed by atoms with van der Waals surface area (Å²) in [5, 5.41) is 3.33. The number of rotatable bonds is 10. The van der Waals surface area contributed by atoms with Gasteiger partial charge in [0, 0.05) is 0 Å². The molecule has 2 heterocycles.